The van der Waals surface area contributed by atoms with Crippen LogP contribution in [0, 0.1) is 0 Å². The summed E-state index contributed by atoms with van der Waals surface area (Å²) in [6.45, 7) is 2.14. The smallest absolute Gasteiger partial charge is 0.338 e. The summed E-state index contributed by atoms with van der Waals surface area (Å²) < 4.78 is 4.88. The van der Waals surface area contributed by atoms with E-state index in [4.69, 9.17) is 10.5 Å². The number of rotatable bonds is 5. The number of esters is 1. The molecule has 0 aliphatic heterocycles. The molecule has 0 aliphatic rings. The topological polar surface area (TPSA) is 93.4 Å². The van der Waals surface area contributed by atoms with Crippen LogP contribution in [-0.2, 0) is 9.53 Å². The van der Waals surface area contributed by atoms with Crippen LogP contribution in [0.3, 0.4) is 0 Å². The minimum Gasteiger partial charge on any atom is -0.462 e. The first-order chi connectivity index (χ1) is 8.58. The fraction of sp³-hybridized carbons (Fsp3) is 0.333. The molecule has 0 heterocycles. The molecular formula is C12H17N3O3. The Balaban J connectivity index is 2.81. The number of anilines is 2. The highest BCUT2D eigenvalue weighted by Gasteiger charge is 2.09. The molecule has 4 N–H and O–H groups in total. The quantitative estimate of drug-likeness (QED) is 0.526. The van der Waals surface area contributed by atoms with Crippen molar-refractivity contribution in [3.63, 3.8) is 0 Å². The first-order valence-corrected chi connectivity index (χ1v) is 5.59. The van der Waals surface area contributed by atoms with Crippen molar-refractivity contribution in [3.05, 3.63) is 23.8 Å². The average Bonchev–Trinajstić information content (AvgIpc) is 2.37. The zero-order chi connectivity index (χ0) is 13.5. The second-order valence-corrected chi connectivity index (χ2v) is 3.55. The molecule has 0 spiro atoms. The number of nitrogens with one attached hydrogen (secondary N) is 2. The molecule has 0 aromatic heterocycles. The van der Waals surface area contributed by atoms with Crippen LogP contribution in [0.15, 0.2) is 18.2 Å². The van der Waals surface area contributed by atoms with E-state index in [1.807, 2.05) is 0 Å². The maximum atomic E-state index is 11.5. The third kappa shape index (κ3) is 3.65. The van der Waals surface area contributed by atoms with Gasteiger partial charge in [0.25, 0.3) is 0 Å². The van der Waals surface area contributed by atoms with Gasteiger partial charge in [-0.25, -0.2) is 4.79 Å². The van der Waals surface area contributed by atoms with Gasteiger partial charge in [-0.15, -0.1) is 0 Å². The van der Waals surface area contributed by atoms with E-state index in [0.29, 0.717) is 23.5 Å². The molecule has 1 aromatic rings. The second-order valence-electron chi connectivity index (χ2n) is 3.55. The van der Waals surface area contributed by atoms with Crippen LogP contribution < -0.4 is 16.4 Å². The van der Waals surface area contributed by atoms with Gasteiger partial charge in [-0.05, 0) is 25.1 Å². The first kappa shape index (κ1) is 13.8. The zero-order valence-electron chi connectivity index (χ0n) is 10.4. The monoisotopic (exact) mass is 251 g/mol. The summed E-state index contributed by atoms with van der Waals surface area (Å²) in [5.74, 6) is -0.587. The van der Waals surface area contributed by atoms with E-state index in [9.17, 15) is 9.59 Å². The number of likely N-dealkylation sites (N-methyl/N-ethyl adjacent to an activating group) is 1. The standard InChI is InChI=1S/C12H17N3O3/c1-3-18-12(17)8-4-5-9(13)10(6-8)15-7-11(16)14-2/h4-6,15H,3,7,13H2,1-2H3,(H,14,16). The molecule has 6 heteroatoms. The molecule has 1 amide bonds. The van der Waals surface area contributed by atoms with E-state index in [0.717, 1.165) is 0 Å². The lowest BCUT2D eigenvalue weighted by molar-refractivity contribution is -0.118. The van der Waals surface area contributed by atoms with Crippen LogP contribution in [-0.4, -0.2) is 32.1 Å². The maximum absolute atomic E-state index is 11.5. The summed E-state index contributed by atoms with van der Waals surface area (Å²) in [6.07, 6.45) is 0. The fourth-order valence-corrected chi connectivity index (χ4v) is 1.31. The summed E-state index contributed by atoms with van der Waals surface area (Å²) >= 11 is 0. The van der Waals surface area contributed by atoms with Gasteiger partial charge in [-0.1, -0.05) is 0 Å². The summed E-state index contributed by atoms with van der Waals surface area (Å²) in [5, 5.41) is 5.33. The van der Waals surface area contributed by atoms with E-state index >= 15 is 0 Å². The molecule has 0 aliphatic carbocycles. The van der Waals surface area contributed by atoms with Crippen LogP contribution in [0.2, 0.25) is 0 Å². The molecular weight excluding hydrogens is 234 g/mol. The van der Waals surface area contributed by atoms with Crippen LogP contribution in [0.4, 0.5) is 11.4 Å². The maximum Gasteiger partial charge on any atom is 0.338 e. The lowest BCUT2D eigenvalue weighted by Gasteiger charge is -2.10. The Morgan fingerprint density at radius 3 is 2.72 bits per heavy atom. The largest absolute Gasteiger partial charge is 0.462 e. The van der Waals surface area contributed by atoms with Gasteiger partial charge in [0.15, 0.2) is 0 Å². The number of amides is 1. The molecule has 0 fully saturated rings. The Morgan fingerprint density at radius 2 is 2.11 bits per heavy atom. The van der Waals surface area contributed by atoms with E-state index in [1.54, 1.807) is 32.2 Å². The van der Waals surface area contributed by atoms with Gasteiger partial charge in [0.2, 0.25) is 5.91 Å². The lowest BCUT2D eigenvalue weighted by Crippen LogP contribution is -2.26. The number of benzene rings is 1. The summed E-state index contributed by atoms with van der Waals surface area (Å²) in [6, 6.07) is 4.74. The third-order valence-corrected chi connectivity index (χ3v) is 2.28. The van der Waals surface area contributed by atoms with Crippen molar-refractivity contribution in [3.8, 4) is 0 Å². The molecule has 98 valence electrons. The average molecular weight is 251 g/mol. The van der Waals surface area contributed by atoms with Crippen molar-refractivity contribution < 1.29 is 14.3 Å². The van der Waals surface area contributed by atoms with Gasteiger partial charge in [0, 0.05) is 7.05 Å². The van der Waals surface area contributed by atoms with E-state index in [-0.39, 0.29) is 12.5 Å². The molecule has 0 atom stereocenters. The van der Waals surface area contributed by atoms with Crippen LogP contribution in [0.25, 0.3) is 0 Å². The lowest BCUT2D eigenvalue weighted by atomic mass is 10.1. The van der Waals surface area contributed by atoms with Gasteiger partial charge < -0.3 is 21.1 Å². The van der Waals surface area contributed by atoms with Crippen LogP contribution in [0.5, 0.6) is 0 Å². The number of hydrogen-bond donors (Lipinski definition) is 3. The van der Waals surface area contributed by atoms with Gasteiger partial charge in [-0.3, -0.25) is 4.79 Å². The van der Waals surface area contributed by atoms with E-state index in [2.05, 4.69) is 10.6 Å². The fourth-order valence-electron chi connectivity index (χ4n) is 1.31. The van der Waals surface area contributed by atoms with E-state index in [1.165, 1.54) is 0 Å². The van der Waals surface area contributed by atoms with Crippen molar-refractivity contribution in [1.82, 2.24) is 5.32 Å². The third-order valence-electron chi connectivity index (χ3n) is 2.28. The Morgan fingerprint density at radius 1 is 1.39 bits per heavy atom. The highest BCUT2D eigenvalue weighted by Crippen LogP contribution is 2.20. The normalized spacial score (nSPS) is 9.67. The van der Waals surface area contributed by atoms with Crippen molar-refractivity contribution >= 4 is 23.3 Å². The predicted molar refractivity (Wildman–Crippen MR) is 69.4 cm³/mol. The number of hydrogen-bond acceptors (Lipinski definition) is 5. The Labute approximate surface area is 105 Å². The molecule has 0 bridgehead atoms. The first-order valence-electron chi connectivity index (χ1n) is 5.59. The minimum absolute atomic E-state index is 0.0903. The molecule has 0 radical (unpaired) electrons. The molecule has 0 unspecified atom stereocenters. The van der Waals surface area contributed by atoms with Crippen LogP contribution >= 0.6 is 0 Å². The zero-order valence-corrected chi connectivity index (χ0v) is 10.4. The Hall–Kier alpha value is -2.24. The summed E-state index contributed by atoms with van der Waals surface area (Å²) in [7, 11) is 1.54. The Kier molecular flexibility index (Phi) is 4.98. The van der Waals surface area contributed by atoms with Gasteiger partial charge in [-0.2, -0.15) is 0 Å². The molecule has 1 aromatic carbocycles. The van der Waals surface area contributed by atoms with Crippen molar-refractivity contribution in [2.45, 2.75) is 6.92 Å². The minimum atomic E-state index is -0.416. The highest BCUT2D eigenvalue weighted by atomic mass is 16.5. The van der Waals surface area contributed by atoms with Crippen molar-refractivity contribution in [2.75, 3.05) is 31.2 Å². The number of carbonyl (C=O) groups is 2. The molecule has 1 rings (SSSR count). The Bertz CT molecular complexity index is 446. The van der Waals surface area contributed by atoms with E-state index < -0.39 is 5.97 Å². The molecule has 6 nitrogen and oxygen atoms in total. The van der Waals surface area contributed by atoms with Crippen molar-refractivity contribution in [1.29, 1.82) is 0 Å². The van der Waals surface area contributed by atoms with Crippen molar-refractivity contribution in [2.24, 2.45) is 0 Å². The highest BCUT2D eigenvalue weighted by molar-refractivity contribution is 5.92. The number of nitrogen functional groups attached to an aromatic ring is 1. The number of ether oxygens (including phenoxy) is 1. The molecule has 0 saturated carbocycles. The molecule has 18 heavy (non-hydrogen) atoms. The number of carbonyl (C=O) groups excluding carboxylic acids is 2. The summed E-state index contributed by atoms with van der Waals surface area (Å²) in [4.78, 5) is 22.6. The van der Waals surface area contributed by atoms with Gasteiger partial charge in [0.05, 0.1) is 30.1 Å². The number of nitrogens with two attached hydrogens (primary N) is 1. The summed E-state index contributed by atoms with van der Waals surface area (Å²) in [5.41, 5.74) is 7.14. The predicted octanol–water partition coefficient (Wildman–Crippen LogP) is 0.603. The second kappa shape index (κ2) is 6.48. The molecule has 0 saturated heterocycles. The van der Waals surface area contributed by atoms with Gasteiger partial charge >= 0.3 is 5.97 Å². The SMILES string of the molecule is CCOC(=O)c1ccc(N)c(NCC(=O)NC)c1. The van der Waals surface area contributed by atoms with Crippen LogP contribution in [0.1, 0.15) is 17.3 Å². The van der Waals surface area contributed by atoms with Gasteiger partial charge in [0.1, 0.15) is 0 Å².